The molecule has 0 radical (unpaired) electrons. The van der Waals surface area contributed by atoms with Crippen LogP contribution in [0, 0.1) is 11.7 Å². The number of hydrogen-bond acceptors (Lipinski definition) is 5. The van der Waals surface area contributed by atoms with Crippen LogP contribution in [-0.4, -0.2) is 50.6 Å². The van der Waals surface area contributed by atoms with Crippen molar-refractivity contribution in [1.29, 1.82) is 0 Å². The van der Waals surface area contributed by atoms with Gasteiger partial charge in [0.15, 0.2) is 0 Å². The molecule has 0 bridgehead atoms. The summed E-state index contributed by atoms with van der Waals surface area (Å²) in [6.45, 7) is 2.81. The van der Waals surface area contributed by atoms with E-state index in [4.69, 9.17) is 4.74 Å². The topological polar surface area (TPSA) is 106 Å². The van der Waals surface area contributed by atoms with Crippen LogP contribution in [0.2, 0.25) is 0 Å². The Bertz CT molecular complexity index is 1300. The zero-order valence-corrected chi connectivity index (χ0v) is 17.8. The molecule has 1 aliphatic rings. The van der Waals surface area contributed by atoms with Crippen molar-refractivity contribution in [3.8, 4) is 5.69 Å². The molecule has 1 amide bonds. The second-order valence-electron chi connectivity index (χ2n) is 7.74. The molecule has 1 aromatic carbocycles. The molecule has 2 aromatic heterocycles. The third kappa shape index (κ3) is 3.72. The standard InChI is InChI=1S/C22H23FN4O5/c1-3-32-21(30)13-8-10-26(11-9-13)19(28)16-12-25(2)18-17(16)24-22(31)27(20(18)29)15-6-4-14(23)5-7-15/h4-7,12-13H,3,8-11H2,1-2H3,(H,24,31). The first kappa shape index (κ1) is 21.5. The second-order valence-corrected chi connectivity index (χ2v) is 7.74. The maximum Gasteiger partial charge on any atom is 0.333 e. The van der Waals surface area contributed by atoms with Crippen molar-refractivity contribution < 1.29 is 18.7 Å². The van der Waals surface area contributed by atoms with E-state index in [-0.39, 0.29) is 40.1 Å². The fraction of sp³-hybridized carbons (Fsp3) is 0.364. The summed E-state index contributed by atoms with van der Waals surface area (Å²) < 4.78 is 20.7. The van der Waals surface area contributed by atoms with Crippen LogP contribution in [-0.2, 0) is 16.6 Å². The number of aromatic amines is 1. The van der Waals surface area contributed by atoms with Crippen LogP contribution >= 0.6 is 0 Å². The number of benzene rings is 1. The van der Waals surface area contributed by atoms with E-state index in [1.165, 1.54) is 22.9 Å². The number of fused-ring (bicyclic) bond motifs is 1. The maximum atomic E-state index is 13.3. The van der Waals surface area contributed by atoms with E-state index in [2.05, 4.69) is 4.98 Å². The number of halogens is 1. The molecule has 32 heavy (non-hydrogen) atoms. The van der Waals surface area contributed by atoms with Gasteiger partial charge in [-0.2, -0.15) is 0 Å². The van der Waals surface area contributed by atoms with E-state index in [0.717, 1.165) is 16.7 Å². The summed E-state index contributed by atoms with van der Waals surface area (Å²) in [5, 5.41) is 0. The van der Waals surface area contributed by atoms with Gasteiger partial charge >= 0.3 is 11.7 Å². The number of carbonyl (C=O) groups excluding carboxylic acids is 2. The van der Waals surface area contributed by atoms with Crippen molar-refractivity contribution in [2.45, 2.75) is 19.8 Å². The van der Waals surface area contributed by atoms with E-state index >= 15 is 0 Å². The van der Waals surface area contributed by atoms with Gasteiger partial charge < -0.3 is 19.2 Å². The molecule has 9 nitrogen and oxygen atoms in total. The molecule has 1 N–H and O–H groups in total. The quantitative estimate of drug-likeness (QED) is 0.618. The minimum absolute atomic E-state index is 0.151. The number of aromatic nitrogens is 3. The first-order valence-corrected chi connectivity index (χ1v) is 10.4. The number of nitrogens with one attached hydrogen (secondary N) is 1. The molecule has 1 saturated heterocycles. The number of rotatable bonds is 4. The Labute approximate surface area is 182 Å². The highest BCUT2D eigenvalue weighted by Crippen LogP contribution is 2.23. The largest absolute Gasteiger partial charge is 0.466 e. The van der Waals surface area contributed by atoms with E-state index in [1.807, 2.05) is 0 Å². The first-order valence-electron chi connectivity index (χ1n) is 10.4. The number of piperidine rings is 1. The van der Waals surface area contributed by atoms with Gasteiger partial charge in [-0.3, -0.25) is 14.4 Å². The normalized spacial score (nSPS) is 14.7. The molecular weight excluding hydrogens is 419 g/mol. The summed E-state index contributed by atoms with van der Waals surface area (Å²) in [5.41, 5.74) is -0.613. The van der Waals surface area contributed by atoms with Gasteiger partial charge in [-0.05, 0) is 44.0 Å². The number of likely N-dealkylation sites (tertiary alicyclic amines) is 1. The smallest absolute Gasteiger partial charge is 0.333 e. The molecule has 0 aliphatic carbocycles. The van der Waals surface area contributed by atoms with Crippen molar-refractivity contribution in [3.63, 3.8) is 0 Å². The highest BCUT2D eigenvalue weighted by atomic mass is 19.1. The zero-order chi connectivity index (χ0) is 23.0. The summed E-state index contributed by atoms with van der Waals surface area (Å²) in [6.07, 6.45) is 2.49. The zero-order valence-electron chi connectivity index (χ0n) is 17.8. The summed E-state index contributed by atoms with van der Waals surface area (Å²) in [6, 6.07) is 4.98. The van der Waals surface area contributed by atoms with Crippen LogP contribution in [0.3, 0.4) is 0 Å². The van der Waals surface area contributed by atoms with Crippen LogP contribution in [0.5, 0.6) is 0 Å². The number of carbonyl (C=O) groups is 2. The van der Waals surface area contributed by atoms with E-state index < -0.39 is 17.1 Å². The van der Waals surface area contributed by atoms with E-state index in [1.54, 1.807) is 18.9 Å². The van der Waals surface area contributed by atoms with Gasteiger partial charge in [0.1, 0.15) is 11.3 Å². The summed E-state index contributed by atoms with van der Waals surface area (Å²) in [7, 11) is 1.61. The highest BCUT2D eigenvalue weighted by molar-refractivity contribution is 6.05. The van der Waals surface area contributed by atoms with Crippen LogP contribution in [0.1, 0.15) is 30.1 Å². The Kier molecular flexibility index (Phi) is 5.68. The van der Waals surface area contributed by atoms with Crippen molar-refractivity contribution in [2.75, 3.05) is 19.7 Å². The number of amides is 1. The van der Waals surface area contributed by atoms with Crippen molar-refractivity contribution in [3.05, 3.63) is 62.7 Å². The fourth-order valence-corrected chi connectivity index (χ4v) is 4.11. The molecule has 168 valence electrons. The summed E-state index contributed by atoms with van der Waals surface area (Å²) in [4.78, 5) is 55.2. The van der Waals surface area contributed by atoms with Gasteiger partial charge in [-0.15, -0.1) is 0 Å². The van der Waals surface area contributed by atoms with Crippen molar-refractivity contribution in [1.82, 2.24) is 19.0 Å². The Morgan fingerprint density at radius 2 is 1.81 bits per heavy atom. The second kappa shape index (κ2) is 8.45. The molecule has 1 fully saturated rings. The first-order chi connectivity index (χ1) is 15.3. The maximum absolute atomic E-state index is 13.3. The molecule has 0 saturated carbocycles. The number of H-pyrrole nitrogens is 1. The van der Waals surface area contributed by atoms with Crippen molar-refractivity contribution in [2.24, 2.45) is 13.0 Å². The average molecular weight is 442 g/mol. The lowest BCUT2D eigenvalue weighted by molar-refractivity contribution is -0.149. The van der Waals surface area contributed by atoms with E-state index in [9.17, 15) is 23.6 Å². The van der Waals surface area contributed by atoms with Crippen LogP contribution in [0.25, 0.3) is 16.7 Å². The Morgan fingerprint density at radius 3 is 2.44 bits per heavy atom. The van der Waals surface area contributed by atoms with Crippen molar-refractivity contribution >= 4 is 22.9 Å². The molecule has 1 aliphatic heterocycles. The van der Waals surface area contributed by atoms with Gasteiger partial charge in [-0.25, -0.2) is 13.8 Å². The molecule has 0 unspecified atom stereocenters. The molecule has 4 rings (SSSR count). The Balaban J connectivity index is 1.67. The third-order valence-electron chi connectivity index (χ3n) is 5.74. The number of hydrogen-bond donors (Lipinski definition) is 1. The van der Waals surface area contributed by atoms with Gasteiger partial charge in [0.25, 0.3) is 11.5 Å². The van der Waals surface area contributed by atoms with Gasteiger partial charge in [-0.1, -0.05) is 0 Å². The molecule has 3 heterocycles. The monoisotopic (exact) mass is 442 g/mol. The van der Waals surface area contributed by atoms with Gasteiger partial charge in [0, 0.05) is 26.3 Å². The predicted molar refractivity (Wildman–Crippen MR) is 114 cm³/mol. The minimum Gasteiger partial charge on any atom is -0.466 e. The van der Waals surface area contributed by atoms with Crippen LogP contribution in [0.15, 0.2) is 40.1 Å². The molecule has 0 spiro atoms. The Morgan fingerprint density at radius 1 is 1.16 bits per heavy atom. The van der Waals surface area contributed by atoms with Crippen LogP contribution < -0.4 is 11.2 Å². The molecule has 10 heteroatoms. The Hall–Kier alpha value is -3.69. The number of aryl methyl sites for hydroxylation is 1. The number of ether oxygens (including phenoxy) is 1. The lowest BCUT2D eigenvalue weighted by Gasteiger charge is -2.30. The van der Waals surface area contributed by atoms with Gasteiger partial charge in [0.05, 0.1) is 29.3 Å². The summed E-state index contributed by atoms with van der Waals surface area (Å²) >= 11 is 0. The number of esters is 1. The fourth-order valence-electron chi connectivity index (χ4n) is 4.11. The molecule has 3 aromatic rings. The van der Waals surface area contributed by atoms with Crippen LogP contribution in [0.4, 0.5) is 4.39 Å². The minimum atomic E-state index is -0.727. The molecular formula is C22H23FN4O5. The predicted octanol–water partition coefficient (Wildman–Crippen LogP) is 1.57. The lowest BCUT2D eigenvalue weighted by atomic mass is 9.96. The molecule has 0 atom stereocenters. The lowest BCUT2D eigenvalue weighted by Crippen LogP contribution is -2.41. The number of nitrogens with zero attached hydrogens (tertiary/aromatic N) is 3. The van der Waals surface area contributed by atoms with E-state index in [0.29, 0.717) is 32.5 Å². The van der Waals surface area contributed by atoms with Gasteiger partial charge in [0.2, 0.25) is 0 Å². The summed E-state index contributed by atoms with van der Waals surface area (Å²) in [5.74, 6) is -1.31. The average Bonchev–Trinajstić information content (AvgIpc) is 3.11. The highest BCUT2D eigenvalue weighted by Gasteiger charge is 2.30. The third-order valence-corrected chi connectivity index (χ3v) is 5.74. The SMILES string of the molecule is CCOC(=O)C1CCN(C(=O)c2cn(C)c3c(=O)n(-c4ccc(F)cc4)c(=O)[nH]c23)CC1.